The van der Waals surface area contributed by atoms with E-state index in [1.165, 1.54) is 16.7 Å². The molecule has 114 valence electrons. The van der Waals surface area contributed by atoms with Gasteiger partial charge in [0, 0.05) is 12.2 Å². The second kappa shape index (κ2) is 7.65. The van der Waals surface area contributed by atoms with Crippen molar-refractivity contribution in [1.82, 2.24) is 5.32 Å². The van der Waals surface area contributed by atoms with Crippen LogP contribution in [-0.4, -0.2) is 26.9 Å². The highest BCUT2D eigenvalue weighted by atomic mass is 16.5. The Morgan fingerprint density at radius 3 is 2.30 bits per heavy atom. The third-order valence-corrected chi connectivity index (χ3v) is 3.90. The lowest BCUT2D eigenvalue weighted by Gasteiger charge is -2.31. The van der Waals surface area contributed by atoms with Crippen LogP contribution >= 0.6 is 0 Å². The van der Waals surface area contributed by atoms with Crippen LogP contribution in [0.5, 0.6) is 5.75 Å². The van der Waals surface area contributed by atoms with Crippen LogP contribution in [0.2, 0.25) is 0 Å². The number of likely N-dealkylation sites (N-methyl/N-ethyl adjacent to an activating group) is 1. The second-order valence-electron chi connectivity index (χ2n) is 5.56. The van der Waals surface area contributed by atoms with Gasteiger partial charge < -0.3 is 14.8 Å². The van der Waals surface area contributed by atoms with Crippen LogP contribution in [0.25, 0.3) is 0 Å². The molecule has 0 spiro atoms. The summed E-state index contributed by atoms with van der Waals surface area (Å²) in [6.45, 7) is 11.4. The van der Waals surface area contributed by atoms with E-state index >= 15 is 0 Å². The van der Waals surface area contributed by atoms with Crippen LogP contribution in [0.15, 0.2) is 12.1 Å². The van der Waals surface area contributed by atoms with E-state index in [-0.39, 0.29) is 12.1 Å². The fraction of sp³-hybridized carbons (Fsp3) is 0.647. The topological polar surface area (TPSA) is 30.5 Å². The van der Waals surface area contributed by atoms with Gasteiger partial charge in [-0.15, -0.1) is 0 Å². The van der Waals surface area contributed by atoms with Gasteiger partial charge in [0.2, 0.25) is 0 Å². The molecule has 3 heteroatoms. The van der Waals surface area contributed by atoms with E-state index < -0.39 is 0 Å². The largest absolute Gasteiger partial charge is 0.496 e. The van der Waals surface area contributed by atoms with Crippen molar-refractivity contribution in [3.05, 3.63) is 28.8 Å². The number of nitrogens with one attached hydrogen (secondary N) is 1. The quantitative estimate of drug-likeness (QED) is 0.826. The molecule has 0 saturated heterocycles. The number of aryl methyl sites for hydroxylation is 1. The summed E-state index contributed by atoms with van der Waals surface area (Å²) >= 11 is 0. The summed E-state index contributed by atoms with van der Waals surface area (Å²) in [4.78, 5) is 0. The van der Waals surface area contributed by atoms with Gasteiger partial charge in [-0.3, -0.25) is 0 Å². The summed E-state index contributed by atoms with van der Waals surface area (Å²) in [6, 6.07) is 4.43. The van der Waals surface area contributed by atoms with Crippen molar-refractivity contribution in [2.75, 3.05) is 20.8 Å². The Morgan fingerprint density at radius 2 is 1.85 bits per heavy atom. The minimum atomic E-state index is 0.126. The highest BCUT2D eigenvalue weighted by Gasteiger charge is 2.28. The molecule has 0 aliphatic rings. The van der Waals surface area contributed by atoms with Crippen LogP contribution in [0.3, 0.4) is 0 Å². The Hall–Kier alpha value is -1.06. The lowest BCUT2D eigenvalue weighted by atomic mass is 9.90. The van der Waals surface area contributed by atoms with Crippen molar-refractivity contribution in [3.63, 3.8) is 0 Å². The average molecular weight is 279 g/mol. The van der Waals surface area contributed by atoms with Crippen LogP contribution < -0.4 is 10.1 Å². The molecule has 2 unspecified atom stereocenters. The molecule has 3 nitrogen and oxygen atoms in total. The molecular formula is C17H29NO2. The fourth-order valence-corrected chi connectivity index (χ4v) is 2.69. The van der Waals surface area contributed by atoms with E-state index in [1.54, 1.807) is 7.11 Å². The molecule has 0 aromatic heterocycles. The number of hydrogen-bond acceptors (Lipinski definition) is 3. The van der Waals surface area contributed by atoms with Gasteiger partial charge in [0.25, 0.3) is 0 Å². The van der Waals surface area contributed by atoms with E-state index in [9.17, 15) is 0 Å². The van der Waals surface area contributed by atoms with E-state index in [2.05, 4.69) is 45.1 Å². The molecule has 1 N–H and O–H groups in total. The molecule has 0 saturated carbocycles. The van der Waals surface area contributed by atoms with Crippen LogP contribution in [-0.2, 0) is 4.74 Å². The number of rotatable bonds is 7. The summed E-state index contributed by atoms with van der Waals surface area (Å²) in [7, 11) is 3.72. The average Bonchev–Trinajstić information content (AvgIpc) is 2.42. The highest BCUT2D eigenvalue weighted by molar-refractivity contribution is 5.47. The standard InChI is InChI=1S/C17H29NO2/c1-8-20-16(11(2)3)15(18-6)14-10-9-12(4)13(5)17(14)19-7/h9-11,15-16,18H,8H2,1-7H3. The van der Waals surface area contributed by atoms with E-state index in [0.29, 0.717) is 12.5 Å². The first-order valence-electron chi connectivity index (χ1n) is 7.40. The molecule has 1 aromatic carbocycles. The molecular weight excluding hydrogens is 250 g/mol. The summed E-state index contributed by atoms with van der Waals surface area (Å²) in [5.41, 5.74) is 3.62. The summed E-state index contributed by atoms with van der Waals surface area (Å²) in [5.74, 6) is 1.40. The first kappa shape index (κ1) is 17.0. The van der Waals surface area contributed by atoms with Crippen molar-refractivity contribution >= 4 is 0 Å². The monoisotopic (exact) mass is 279 g/mol. The van der Waals surface area contributed by atoms with Gasteiger partial charge in [-0.25, -0.2) is 0 Å². The zero-order chi connectivity index (χ0) is 15.3. The van der Waals surface area contributed by atoms with Crippen LogP contribution in [0.4, 0.5) is 0 Å². The number of ether oxygens (including phenoxy) is 2. The Bertz CT molecular complexity index is 429. The molecule has 1 rings (SSSR count). The number of benzene rings is 1. The van der Waals surface area contributed by atoms with Gasteiger partial charge in [0.05, 0.1) is 19.3 Å². The number of hydrogen-bond donors (Lipinski definition) is 1. The van der Waals surface area contributed by atoms with Crippen molar-refractivity contribution in [1.29, 1.82) is 0 Å². The highest BCUT2D eigenvalue weighted by Crippen LogP contribution is 2.34. The summed E-state index contributed by atoms with van der Waals surface area (Å²) in [5, 5.41) is 3.40. The Balaban J connectivity index is 3.27. The number of methoxy groups -OCH3 is 1. The predicted octanol–water partition coefficient (Wildman–Crippen LogP) is 3.63. The first-order valence-corrected chi connectivity index (χ1v) is 7.40. The molecule has 0 heterocycles. The predicted molar refractivity (Wildman–Crippen MR) is 84.5 cm³/mol. The van der Waals surface area contributed by atoms with Crippen molar-refractivity contribution in [2.45, 2.75) is 46.8 Å². The minimum Gasteiger partial charge on any atom is -0.496 e. The molecule has 0 aliphatic carbocycles. The van der Waals surface area contributed by atoms with Crippen LogP contribution in [0.1, 0.15) is 43.5 Å². The molecule has 0 bridgehead atoms. The lowest BCUT2D eigenvalue weighted by Crippen LogP contribution is -2.36. The van der Waals surface area contributed by atoms with Gasteiger partial charge in [-0.2, -0.15) is 0 Å². The van der Waals surface area contributed by atoms with Gasteiger partial charge in [-0.1, -0.05) is 26.0 Å². The Labute approximate surface area is 123 Å². The molecule has 20 heavy (non-hydrogen) atoms. The molecule has 0 radical (unpaired) electrons. The third-order valence-electron chi connectivity index (χ3n) is 3.90. The van der Waals surface area contributed by atoms with Crippen LogP contribution in [0, 0.1) is 19.8 Å². The molecule has 0 aliphatic heterocycles. The zero-order valence-corrected chi connectivity index (χ0v) is 13.9. The van der Waals surface area contributed by atoms with Crippen molar-refractivity contribution in [2.24, 2.45) is 5.92 Å². The normalized spacial score (nSPS) is 14.4. The smallest absolute Gasteiger partial charge is 0.126 e. The van der Waals surface area contributed by atoms with E-state index in [4.69, 9.17) is 9.47 Å². The molecule has 0 amide bonds. The van der Waals surface area contributed by atoms with E-state index in [1.807, 2.05) is 14.0 Å². The van der Waals surface area contributed by atoms with Gasteiger partial charge >= 0.3 is 0 Å². The summed E-state index contributed by atoms with van der Waals surface area (Å²) < 4.78 is 11.6. The molecule has 1 aromatic rings. The lowest BCUT2D eigenvalue weighted by molar-refractivity contribution is 0.00408. The second-order valence-corrected chi connectivity index (χ2v) is 5.56. The SMILES string of the molecule is CCOC(C(C)C)C(NC)c1ccc(C)c(C)c1OC. The fourth-order valence-electron chi connectivity index (χ4n) is 2.69. The van der Waals surface area contributed by atoms with Gasteiger partial charge in [0.15, 0.2) is 0 Å². The zero-order valence-electron chi connectivity index (χ0n) is 13.9. The minimum absolute atomic E-state index is 0.126. The van der Waals surface area contributed by atoms with Gasteiger partial charge in [0.1, 0.15) is 5.75 Å². The van der Waals surface area contributed by atoms with Gasteiger partial charge in [-0.05, 0) is 44.9 Å². The Morgan fingerprint density at radius 1 is 1.20 bits per heavy atom. The molecule has 2 atom stereocenters. The van der Waals surface area contributed by atoms with E-state index in [0.717, 1.165) is 5.75 Å². The first-order chi connectivity index (χ1) is 9.47. The maximum Gasteiger partial charge on any atom is 0.126 e. The summed E-state index contributed by atoms with van der Waals surface area (Å²) in [6.07, 6.45) is 0.126. The maximum atomic E-state index is 5.96. The Kier molecular flexibility index (Phi) is 6.50. The third kappa shape index (κ3) is 3.53. The molecule has 0 fully saturated rings. The van der Waals surface area contributed by atoms with Crippen molar-refractivity contribution < 1.29 is 9.47 Å². The maximum absolute atomic E-state index is 5.96. The van der Waals surface area contributed by atoms with Crippen molar-refractivity contribution in [3.8, 4) is 5.75 Å².